The van der Waals surface area contributed by atoms with Crippen LogP contribution in [0.15, 0.2) is 18.2 Å². The zero-order chi connectivity index (χ0) is 14.5. The minimum absolute atomic E-state index is 0.0809. The first-order chi connectivity index (χ1) is 9.62. The molecule has 5 nitrogen and oxygen atoms in total. The predicted octanol–water partition coefficient (Wildman–Crippen LogP) is 1.21. The quantitative estimate of drug-likeness (QED) is 0.870. The molecule has 1 saturated heterocycles. The van der Waals surface area contributed by atoms with Gasteiger partial charge in [-0.25, -0.2) is 9.18 Å². The van der Waals surface area contributed by atoms with E-state index in [4.69, 9.17) is 5.73 Å². The van der Waals surface area contributed by atoms with Gasteiger partial charge in [0.1, 0.15) is 5.82 Å². The minimum atomic E-state index is -0.412. The van der Waals surface area contributed by atoms with Crippen molar-refractivity contribution in [3.63, 3.8) is 0 Å². The number of hydrogen-bond donors (Lipinski definition) is 2. The van der Waals surface area contributed by atoms with Crippen LogP contribution in [-0.2, 0) is 17.8 Å². The molecular weight excluding hydrogens is 261 g/mol. The number of rotatable bonds is 4. The van der Waals surface area contributed by atoms with E-state index in [0.29, 0.717) is 13.1 Å². The number of halogens is 1. The molecule has 110 valence electrons. The molecule has 1 aromatic carbocycles. The standard InChI is InChI=1S/C14H20FN3O2/c1-20-14(19)17-13-4-5-18(9-13)8-11-6-12(15)3-2-10(11)7-16/h2-3,6,13H,4-5,7-9,16H2,1H3,(H,17,19). The van der Waals surface area contributed by atoms with Crippen LogP contribution < -0.4 is 11.1 Å². The van der Waals surface area contributed by atoms with Crippen molar-refractivity contribution in [1.82, 2.24) is 10.2 Å². The Morgan fingerprint density at radius 2 is 2.35 bits per heavy atom. The van der Waals surface area contributed by atoms with E-state index >= 15 is 0 Å². The monoisotopic (exact) mass is 281 g/mol. The van der Waals surface area contributed by atoms with Gasteiger partial charge >= 0.3 is 6.09 Å². The zero-order valence-corrected chi connectivity index (χ0v) is 11.6. The van der Waals surface area contributed by atoms with Crippen molar-refractivity contribution >= 4 is 6.09 Å². The summed E-state index contributed by atoms with van der Waals surface area (Å²) in [5.74, 6) is -0.249. The molecule has 0 aliphatic carbocycles. The molecule has 1 heterocycles. The van der Waals surface area contributed by atoms with Crippen molar-refractivity contribution in [3.8, 4) is 0 Å². The fourth-order valence-electron chi connectivity index (χ4n) is 2.50. The van der Waals surface area contributed by atoms with Crippen molar-refractivity contribution in [3.05, 3.63) is 35.1 Å². The van der Waals surface area contributed by atoms with E-state index in [1.54, 1.807) is 6.07 Å². The number of ether oxygens (including phenoxy) is 1. The largest absolute Gasteiger partial charge is 0.453 e. The Morgan fingerprint density at radius 1 is 1.55 bits per heavy atom. The highest BCUT2D eigenvalue weighted by molar-refractivity contribution is 5.67. The summed E-state index contributed by atoms with van der Waals surface area (Å²) in [6.07, 6.45) is 0.452. The lowest BCUT2D eigenvalue weighted by Gasteiger charge is -2.18. The minimum Gasteiger partial charge on any atom is -0.453 e. The first-order valence-corrected chi connectivity index (χ1v) is 6.66. The van der Waals surface area contributed by atoms with Crippen LogP contribution >= 0.6 is 0 Å². The Kier molecular flexibility index (Phi) is 4.92. The number of hydrogen-bond acceptors (Lipinski definition) is 4. The lowest BCUT2D eigenvalue weighted by atomic mass is 10.1. The van der Waals surface area contributed by atoms with Gasteiger partial charge in [0.25, 0.3) is 0 Å². The Morgan fingerprint density at radius 3 is 3.05 bits per heavy atom. The van der Waals surface area contributed by atoms with Crippen LogP contribution in [0, 0.1) is 5.82 Å². The molecular formula is C14H20FN3O2. The van der Waals surface area contributed by atoms with Gasteiger partial charge in [-0.1, -0.05) is 6.07 Å². The van der Waals surface area contributed by atoms with E-state index in [1.807, 2.05) is 0 Å². The lowest BCUT2D eigenvalue weighted by Crippen LogP contribution is -2.36. The molecule has 6 heteroatoms. The van der Waals surface area contributed by atoms with E-state index < -0.39 is 6.09 Å². The number of nitrogens with one attached hydrogen (secondary N) is 1. The van der Waals surface area contributed by atoms with E-state index in [9.17, 15) is 9.18 Å². The van der Waals surface area contributed by atoms with E-state index in [1.165, 1.54) is 19.2 Å². The van der Waals surface area contributed by atoms with E-state index in [0.717, 1.165) is 30.6 Å². The van der Waals surface area contributed by atoms with Crippen molar-refractivity contribution in [2.75, 3.05) is 20.2 Å². The highest BCUT2D eigenvalue weighted by Crippen LogP contribution is 2.17. The van der Waals surface area contributed by atoms with Crippen molar-refractivity contribution in [1.29, 1.82) is 0 Å². The molecule has 1 atom stereocenters. The lowest BCUT2D eigenvalue weighted by molar-refractivity contribution is 0.166. The Bertz CT molecular complexity index is 481. The molecule has 1 aliphatic heterocycles. The average Bonchev–Trinajstić information content (AvgIpc) is 2.86. The van der Waals surface area contributed by atoms with Gasteiger partial charge < -0.3 is 15.8 Å². The predicted molar refractivity (Wildman–Crippen MR) is 73.5 cm³/mol. The highest BCUT2D eigenvalue weighted by Gasteiger charge is 2.24. The molecule has 3 N–H and O–H groups in total. The molecule has 0 saturated carbocycles. The average molecular weight is 281 g/mol. The number of benzene rings is 1. The second-order valence-electron chi connectivity index (χ2n) is 4.97. The molecule has 2 rings (SSSR count). The van der Waals surface area contributed by atoms with Crippen LogP contribution in [-0.4, -0.2) is 37.2 Å². The molecule has 0 spiro atoms. The van der Waals surface area contributed by atoms with Crippen LogP contribution in [0.2, 0.25) is 0 Å². The number of carbonyl (C=O) groups is 1. The number of carbonyl (C=O) groups excluding carboxylic acids is 1. The number of likely N-dealkylation sites (tertiary alicyclic amines) is 1. The summed E-state index contributed by atoms with van der Waals surface area (Å²) in [7, 11) is 1.35. The molecule has 0 bridgehead atoms. The van der Waals surface area contributed by atoms with Gasteiger partial charge in [-0.3, -0.25) is 4.90 Å². The highest BCUT2D eigenvalue weighted by atomic mass is 19.1. The molecule has 1 aromatic rings. The Balaban J connectivity index is 1.95. The number of nitrogens with two attached hydrogens (primary N) is 1. The van der Waals surface area contributed by atoms with Gasteiger partial charge in [0.2, 0.25) is 0 Å². The fraction of sp³-hybridized carbons (Fsp3) is 0.500. The first-order valence-electron chi connectivity index (χ1n) is 6.66. The van der Waals surface area contributed by atoms with Crippen molar-refractivity contribution in [2.45, 2.75) is 25.6 Å². The van der Waals surface area contributed by atoms with Crippen LogP contribution in [0.3, 0.4) is 0 Å². The molecule has 1 fully saturated rings. The Labute approximate surface area is 117 Å². The summed E-state index contributed by atoms with van der Waals surface area (Å²) in [6, 6.07) is 4.77. The fourth-order valence-corrected chi connectivity index (χ4v) is 2.50. The van der Waals surface area contributed by atoms with Gasteiger partial charge in [0.05, 0.1) is 7.11 Å². The summed E-state index contributed by atoms with van der Waals surface area (Å²) in [5, 5.41) is 2.78. The van der Waals surface area contributed by atoms with Crippen LogP contribution in [0.4, 0.5) is 9.18 Å². The Hall–Kier alpha value is -1.66. The zero-order valence-electron chi connectivity index (χ0n) is 11.6. The molecule has 0 aromatic heterocycles. The first kappa shape index (κ1) is 14.7. The topological polar surface area (TPSA) is 67.6 Å². The summed E-state index contributed by atoms with van der Waals surface area (Å²) >= 11 is 0. The van der Waals surface area contributed by atoms with Gasteiger partial charge in [-0.2, -0.15) is 0 Å². The third kappa shape index (κ3) is 3.68. The van der Waals surface area contributed by atoms with Gasteiger partial charge in [0, 0.05) is 32.2 Å². The summed E-state index contributed by atoms with van der Waals surface area (Å²) in [5.41, 5.74) is 7.53. The maximum absolute atomic E-state index is 13.3. The molecule has 1 aliphatic rings. The molecule has 1 unspecified atom stereocenters. The third-order valence-electron chi connectivity index (χ3n) is 3.56. The summed E-state index contributed by atoms with van der Waals surface area (Å²) < 4.78 is 17.9. The third-order valence-corrected chi connectivity index (χ3v) is 3.56. The normalized spacial score (nSPS) is 19.1. The van der Waals surface area contributed by atoms with Crippen molar-refractivity contribution < 1.29 is 13.9 Å². The van der Waals surface area contributed by atoms with Gasteiger partial charge in [0.15, 0.2) is 0 Å². The smallest absolute Gasteiger partial charge is 0.407 e. The maximum Gasteiger partial charge on any atom is 0.407 e. The van der Waals surface area contributed by atoms with Gasteiger partial charge in [-0.05, 0) is 29.7 Å². The number of methoxy groups -OCH3 is 1. The summed E-state index contributed by atoms with van der Waals surface area (Å²) in [6.45, 7) is 2.63. The maximum atomic E-state index is 13.3. The number of amides is 1. The van der Waals surface area contributed by atoms with Crippen LogP contribution in [0.25, 0.3) is 0 Å². The SMILES string of the molecule is COC(=O)NC1CCN(Cc2cc(F)ccc2CN)C1. The second kappa shape index (κ2) is 6.67. The molecule has 20 heavy (non-hydrogen) atoms. The molecule has 1 amide bonds. The van der Waals surface area contributed by atoms with Crippen LogP contribution in [0.5, 0.6) is 0 Å². The number of nitrogens with zero attached hydrogens (tertiary/aromatic N) is 1. The van der Waals surface area contributed by atoms with Gasteiger partial charge in [-0.15, -0.1) is 0 Å². The van der Waals surface area contributed by atoms with Crippen LogP contribution in [0.1, 0.15) is 17.5 Å². The molecule has 0 radical (unpaired) electrons. The second-order valence-corrected chi connectivity index (χ2v) is 4.97. The van der Waals surface area contributed by atoms with E-state index in [-0.39, 0.29) is 11.9 Å². The summed E-state index contributed by atoms with van der Waals surface area (Å²) in [4.78, 5) is 13.3. The van der Waals surface area contributed by atoms with E-state index in [2.05, 4.69) is 15.0 Å². The number of alkyl carbamates (subject to hydrolysis) is 1. The van der Waals surface area contributed by atoms with Crippen molar-refractivity contribution in [2.24, 2.45) is 5.73 Å².